The molecule has 1 atom stereocenters. The summed E-state index contributed by atoms with van der Waals surface area (Å²) in [6.07, 6.45) is 6.60. The van der Waals surface area contributed by atoms with Gasteiger partial charge in [-0.05, 0) is 44.7 Å². The van der Waals surface area contributed by atoms with Crippen molar-refractivity contribution >= 4 is 11.3 Å². The first kappa shape index (κ1) is 16.2. The zero-order valence-electron chi connectivity index (χ0n) is 14.6. The van der Waals surface area contributed by atoms with E-state index in [0.717, 1.165) is 32.5 Å². The molecule has 1 aliphatic carbocycles. The van der Waals surface area contributed by atoms with Crippen molar-refractivity contribution in [3.05, 3.63) is 45.2 Å². The van der Waals surface area contributed by atoms with Crippen LogP contribution in [0.1, 0.15) is 59.6 Å². The van der Waals surface area contributed by atoms with Crippen molar-refractivity contribution in [2.24, 2.45) is 0 Å². The summed E-state index contributed by atoms with van der Waals surface area (Å²) in [4.78, 5) is 13.5. The van der Waals surface area contributed by atoms with Gasteiger partial charge < -0.3 is 5.32 Å². The van der Waals surface area contributed by atoms with E-state index in [1.165, 1.54) is 39.7 Å². The monoisotopic (exact) mass is 342 g/mol. The molecular formula is C19H26N4S. The van der Waals surface area contributed by atoms with Gasteiger partial charge in [0.2, 0.25) is 0 Å². The maximum absolute atomic E-state index is 4.89. The van der Waals surface area contributed by atoms with Gasteiger partial charge in [-0.25, -0.2) is 4.98 Å². The minimum atomic E-state index is 0.378. The topological polar surface area (TPSA) is 41.1 Å². The van der Waals surface area contributed by atoms with Gasteiger partial charge in [0.05, 0.1) is 17.4 Å². The van der Waals surface area contributed by atoms with Gasteiger partial charge in [0.25, 0.3) is 0 Å². The summed E-state index contributed by atoms with van der Waals surface area (Å²) in [5.74, 6) is 0. The molecule has 1 aliphatic heterocycles. The third-order valence-corrected chi connectivity index (χ3v) is 6.31. The van der Waals surface area contributed by atoms with Crippen molar-refractivity contribution in [3.63, 3.8) is 0 Å². The van der Waals surface area contributed by atoms with Crippen molar-refractivity contribution in [2.75, 3.05) is 6.54 Å². The Morgan fingerprint density at radius 2 is 2.29 bits per heavy atom. The first-order chi connectivity index (χ1) is 11.7. The summed E-state index contributed by atoms with van der Waals surface area (Å²) in [5.41, 5.74) is 3.99. The lowest BCUT2D eigenvalue weighted by Crippen LogP contribution is -2.35. The van der Waals surface area contributed by atoms with Crippen LogP contribution in [0.5, 0.6) is 0 Å². The number of nitrogens with zero attached hydrogens (tertiary/aromatic N) is 3. The van der Waals surface area contributed by atoms with Gasteiger partial charge in [0.15, 0.2) is 0 Å². The minimum absolute atomic E-state index is 0.378. The van der Waals surface area contributed by atoms with Crippen molar-refractivity contribution in [1.82, 2.24) is 20.2 Å². The average Bonchev–Trinajstić information content (AvgIpc) is 3.01. The third kappa shape index (κ3) is 3.25. The minimum Gasteiger partial charge on any atom is -0.302 e. The van der Waals surface area contributed by atoms with Crippen LogP contribution < -0.4 is 5.32 Å². The summed E-state index contributed by atoms with van der Waals surface area (Å²) in [6, 6.07) is 5.27. The maximum atomic E-state index is 4.89. The van der Waals surface area contributed by atoms with E-state index < -0.39 is 0 Å². The molecule has 4 nitrogen and oxygen atoms in total. The van der Waals surface area contributed by atoms with Gasteiger partial charge in [0.1, 0.15) is 5.01 Å². The summed E-state index contributed by atoms with van der Waals surface area (Å²) >= 11 is 1.89. The van der Waals surface area contributed by atoms with E-state index in [4.69, 9.17) is 4.98 Å². The molecule has 4 rings (SSSR count). The van der Waals surface area contributed by atoms with Gasteiger partial charge in [-0.1, -0.05) is 6.07 Å². The fourth-order valence-corrected chi connectivity index (χ4v) is 4.90. The lowest BCUT2D eigenvalue weighted by molar-refractivity contribution is 0.205. The Balaban J connectivity index is 1.43. The zero-order valence-corrected chi connectivity index (χ0v) is 15.4. The highest BCUT2D eigenvalue weighted by Gasteiger charge is 2.24. The van der Waals surface area contributed by atoms with Crippen LogP contribution in [0, 0.1) is 0 Å². The summed E-state index contributed by atoms with van der Waals surface area (Å²) in [6.45, 7) is 7.63. The van der Waals surface area contributed by atoms with Crippen molar-refractivity contribution in [2.45, 2.75) is 64.7 Å². The Bertz CT molecular complexity index is 709. The molecule has 0 bridgehead atoms. The molecule has 0 amide bonds. The van der Waals surface area contributed by atoms with Crippen LogP contribution in [-0.2, 0) is 25.9 Å². The van der Waals surface area contributed by atoms with Gasteiger partial charge in [-0.15, -0.1) is 11.3 Å². The lowest BCUT2D eigenvalue weighted by Gasteiger charge is -2.29. The second-order valence-electron chi connectivity index (χ2n) is 7.17. The molecule has 24 heavy (non-hydrogen) atoms. The SMILES string of the molecule is CC(C)N1CCc2nc(CN[C@@H]3CCCc4cccnc43)sc2C1. The molecule has 128 valence electrons. The molecule has 0 aromatic carbocycles. The number of nitrogens with one attached hydrogen (secondary N) is 1. The number of thiazole rings is 1. The molecule has 0 saturated carbocycles. The smallest absolute Gasteiger partial charge is 0.107 e. The second kappa shape index (κ2) is 6.90. The predicted octanol–water partition coefficient (Wildman–Crippen LogP) is 3.47. The van der Waals surface area contributed by atoms with Gasteiger partial charge in [-0.3, -0.25) is 9.88 Å². The van der Waals surface area contributed by atoms with E-state index >= 15 is 0 Å². The predicted molar refractivity (Wildman–Crippen MR) is 98.1 cm³/mol. The Morgan fingerprint density at radius 3 is 3.17 bits per heavy atom. The Hall–Kier alpha value is -1.30. The van der Waals surface area contributed by atoms with Gasteiger partial charge in [0, 0.05) is 43.2 Å². The van der Waals surface area contributed by atoms with E-state index in [2.05, 4.69) is 41.2 Å². The van der Waals surface area contributed by atoms with Crippen LogP contribution in [-0.4, -0.2) is 27.5 Å². The molecule has 2 aliphatic rings. The number of hydrogen-bond acceptors (Lipinski definition) is 5. The molecule has 0 spiro atoms. The molecule has 0 fully saturated rings. The van der Waals surface area contributed by atoms with Crippen LogP contribution in [0.25, 0.3) is 0 Å². The lowest BCUT2D eigenvalue weighted by atomic mass is 9.92. The Kier molecular flexibility index (Phi) is 4.66. The first-order valence-corrected chi connectivity index (χ1v) is 9.91. The van der Waals surface area contributed by atoms with Crippen LogP contribution in [0.15, 0.2) is 18.3 Å². The number of pyridine rings is 1. The molecule has 0 radical (unpaired) electrons. The van der Waals surface area contributed by atoms with Gasteiger partial charge >= 0.3 is 0 Å². The molecule has 2 aromatic heterocycles. The van der Waals surface area contributed by atoms with E-state index in [-0.39, 0.29) is 0 Å². The molecule has 0 saturated heterocycles. The summed E-state index contributed by atoms with van der Waals surface area (Å²) < 4.78 is 0. The molecule has 2 aromatic rings. The van der Waals surface area contributed by atoms with Crippen LogP contribution in [0.2, 0.25) is 0 Å². The van der Waals surface area contributed by atoms with E-state index in [9.17, 15) is 0 Å². The highest BCUT2D eigenvalue weighted by molar-refractivity contribution is 7.11. The van der Waals surface area contributed by atoms with E-state index in [1.54, 1.807) is 0 Å². The van der Waals surface area contributed by atoms with Crippen molar-refractivity contribution in [1.29, 1.82) is 0 Å². The van der Waals surface area contributed by atoms with Gasteiger partial charge in [-0.2, -0.15) is 0 Å². The fourth-order valence-electron chi connectivity index (χ4n) is 3.80. The van der Waals surface area contributed by atoms with E-state index in [1.807, 2.05) is 17.5 Å². The number of aryl methyl sites for hydroxylation is 1. The maximum Gasteiger partial charge on any atom is 0.107 e. The number of fused-ring (bicyclic) bond motifs is 2. The highest BCUT2D eigenvalue weighted by atomic mass is 32.1. The van der Waals surface area contributed by atoms with Crippen molar-refractivity contribution < 1.29 is 0 Å². The Labute approximate surface area is 148 Å². The quantitative estimate of drug-likeness (QED) is 0.924. The van der Waals surface area contributed by atoms with Crippen LogP contribution >= 0.6 is 11.3 Å². The highest BCUT2D eigenvalue weighted by Crippen LogP contribution is 2.29. The number of aromatic nitrogens is 2. The summed E-state index contributed by atoms with van der Waals surface area (Å²) in [5, 5.41) is 4.94. The van der Waals surface area contributed by atoms with Crippen LogP contribution in [0.3, 0.4) is 0 Å². The molecule has 1 N–H and O–H groups in total. The van der Waals surface area contributed by atoms with E-state index in [0.29, 0.717) is 12.1 Å². The Morgan fingerprint density at radius 1 is 1.38 bits per heavy atom. The molecule has 5 heteroatoms. The van der Waals surface area contributed by atoms with Crippen molar-refractivity contribution in [3.8, 4) is 0 Å². The van der Waals surface area contributed by atoms with Crippen LogP contribution in [0.4, 0.5) is 0 Å². The third-order valence-electron chi connectivity index (χ3n) is 5.23. The number of rotatable bonds is 4. The largest absolute Gasteiger partial charge is 0.302 e. The zero-order chi connectivity index (χ0) is 16.5. The average molecular weight is 343 g/mol. The summed E-state index contributed by atoms with van der Waals surface area (Å²) in [7, 11) is 0. The molecular weight excluding hydrogens is 316 g/mol. The molecule has 0 unspecified atom stereocenters. The fraction of sp³-hybridized carbons (Fsp3) is 0.579. The standard InChI is InChI=1S/C19H26N4S/c1-13(2)23-10-8-15-17(12-23)24-18(22-15)11-21-16-7-3-5-14-6-4-9-20-19(14)16/h4,6,9,13,16,21H,3,5,7-8,10-12H2,1-2H3/t16-/m1/s1. The normalized spacial score (nSPS) is 20.9. The second-order valence-corrected chi connectivity index (χ2v) is 8.33. The first-order valence-electron chi connectivity index (χ1n) is 9.09. The molecule has 3 heterocycles. The number of hydrogen-bond donors (Lipinski definition) is 1.